The molecular weight excluding hydrogens is 445 g/mol. The lowest BCUT2D eigenvalue weighted by Crippen LogP contribution is -2.33. The van der Waals surface area contributed by atoms with Gasteiger partial charge < -0.3 is 19.3 Å². The van der Waals surface area contributed by atoms with Crippen molar-refractivity contribution in [3.63, 3.8) is 0 Å². The predicted molar refractivity (Wildman–Crippen MR) is 121 cm³/mol. The molecule has 1 N–H and O–H groups in total. The molecule has 178 valence electrons. The molecule has 2 aliphatic carbocycles. The first-order valence-corrected chi connectivity index (χ1v) is 12.7. The average Bonchev–Trinajstić information content (AvgIpc) is 3.51. The number of carbonyl (C=O) groups excluding carboxylic acids is 1. The second-order valence-corrected chi connectivity index (χ2v) is 10.5. The molecule has 1 saturated heterocycles. The van der Waals surface area contributed by atoms with Crippen LogP contribution in [0.25, 0.3) is 0 Å². The summed E-state index contributed by atoms with van der Waals surface area (Å²) in [6.07, 6.45) is 3.76. The van der Waals surface area contributed by atoms with Crippen molar-refractivity contribution in [2.45, 2.75) is 76.8 Å². The molecule has 2 heterocycles. The molecule has 33 heavy (non-hydrogen) atoms. The number of thiazole rings is 1. The van der Waals surface area contributed by atoms with Crippen LogP contribution in [0, 0.1) is 17.7 Å². The van der Waals surface area contributed by atoms with E-state index in [1.165, 1.54) is 11.3 Å². The Balaban J connectivity index is 1.21. The number of ether oxygens (including phenoxy) is 3. The number of fused-ring (bicyclic) bond motifs is 2. The van der Waals surface area contributed by atoms with Crippen molar-refractivity contribution in [2.24, 2.45) is 11.8 Å². The zero-order valence-electron chi connectivity index (χ0n) is 19.0. The van der Waals surface area contributed by atoms with Gasteiger partial charge in [-0.3, -0.25) is 0 Å². The molecule has 0 unspecified atom stereocenters. The highest BCUT2D eigenvalue weighted by atomic mass is 32.1. The number of halogens is 1. The van der Waals surface area contributed by atoms with Crippen LogP contribution in [0.3, 0.4) is 0 Å². The first kappa shape index (κ1) is 22.7. The maximum Gasteiger partial charge on any atom is 0.358 e. The van der Waals surface area contributed by atoms with Crippen molar-refractivity contribution in [3.05, 3.63) is 45.2 Å². The Kier molecular flexibility index (Phi) is 6.42. The van der Waals surface area contributed by atoms with Crippen LogP contribution in [-0.4, -0.2) is 41.0 Å². The van der Waals surface area contributed by atoms with Crippen LogP contribution in [0.5, 0.6) is 5.75 Å². The van der Waals surface area contributed by atoms with E-state index < -0.39 is 12.1 Å². The summed E-state index contributed by atoms with van der Waals surface area (Å²) in [5.74, 6) is -0.335. The maximum absolute atomic E-state index is 14.8. The van der Waals surface area contributed by atoms with Crippen molar-refractivity contribution in [1.29, 1.82) is 0 Å². The Hall–Kier alpha value is -2.03. The number of rotatable bonds is 6. The summed E-state index contributed by atoms with van der Waals surface area (Å²) in [5, 5.41) is 13.2. The van der Waals surface area contributed by atoms with Gasteiger partial charge in [-0.15, -0.1) is 11.3 Å². The summed E-state index contributed by atoms with van der Waals surface area (Å²) in [7, 11) is 0. The Morgan fingerprint density at radius 3 is 3.00 bits per heavy atom. The highest BCUT2D eigenvalue weighted by Crippen LogP contribution is 2.46. The highest BCUT2D eigenvalue weighted by Gasteiger charge is 2.47. The van der Waals surface area contributed by atoms with E-state index in [0.717, 1.165) is 48.2 Å². The molecule has 1 aromatic carbocycles. The molecule has 1 saturated carbocycles. The molecule has 1 aliphatic heterocycles. The summed E-state index contributed by atoms with van der Waals surface area (Å²) in [6, 6.07) is 3.68. The molecule has 8 heteroatoms. The van der Waals surface area contributed by atoms with Gasteiger partial charge in [-0.25, -0.2) is 14.2 Å². The van der Waals surface area contributed by atoms with Crippen molar-refractivity contribution < 1.29 is 28.5 Å². The van der Waals surface area contributed by atoms with Crippen LogP contribution >= 0.6 is 11.3 Å². The molecule has 2 aromatic rings. The zero-order chi connectivity index (χ0) is 23.1. The standard InChI is InChI=1S/C25H30FNO5S/c1-13(2)31-25(29)18-12-33-24(27-18)21-9-7-16-17(19(28)10-22(16)32-21)11-30-20-8-6-14-4-3-5-15(14)23(20)26/h6,8,12-13,16-17,19,21-22,28H,3-5,7,9-11H2,1-2H3/t16-,17-,19-,21-,22+/m1/s1. The number of aliphatic hydroxyl groups is 1. The van der Waals surface area contributed by atoms with E-state index >= 15 is 0 Å². The molecule has 2 fully saturated rings. The summed E-state index contributed by atoms with van der Waals surface area (Å²) < 4.78 is 32.2. The van der Waals surface area contributed by atoms with Gasteiger partial charge in [0.1, 0.15) is 11.1 Å². The Morgan fingerprint density at radius 1 is 1.33 bits per heavy atom. The normalized spacial score (nSPS) is 28.6. The fraction of sp³-hybridized carbons (Fsp3) is 0.600. The second kappa shape index (κ2) is 9.31. The van der Waals surface area contributed by atoms with Gasteiger partial charge in [-0.2, -0.15) is 0 Å². The van der Waals surface area contributed by atoms with Gasteiger partial charge in [0.05, 0.1) is 24.9 Å². The number of benzene rings is 1. The number of aliphatic hydroxyl groups excluding tert-OH is 1. The van der Waals surface area contributed by atoms with E-state index in [-0.39, 0.29) is 48.3 Å². The van der Waals surface area contributed by atoms with Crippen molar-refractivity contribution in [1.82, 2.24) is 4.98 Å². The lowest BCUT2D eigenvalue weighted by Gasteiger charge is -2.33. The van der Waals surface area contributed by atoms with Crippen LogP contribution in [0.4, 0.5) is 4.39 Å². The Morgan fingerprint density at radius 2 is 2.18 bits per heavy atom. The van der Waals surface area contributed by atoms with Crippen LogP contribution in [0.1, 0.15) is 72.3 Å². The molecule has 0 bridgehead atoms. The fourth-order valence-corrected chi connectivity index (χ4v) is 6.30. The van der Waals surface area contributed by atoms with Gasteiger partial charge in [0.25, 0.3) is 0 Å². The fourth-order valence-electron chi connectivity index (χ4n) is 5.45. The van der Waals surface area contributed by atoms with Crippen LogP contribution in [0.2, 0.25) is 0 Å². The summed E-state index contributed by atoms with van der Waals surface area (Å²) in [4.78, 5) is 16.5. The maximum atomic E-state index is 14.8. The third-order valence-electron chi connectivity index (χ3n) is 7.05. The number of aromatic nitrogens is 1. The number of aryl methyl sites for hydroxylation is 1. The monoisotopic (exact) mass is 475 g/mol. The second-order valence-electron chi connectivity index (χ2n) is 9.58. The summed E-state index contributed by atoms with van der Waals surface area (Å²) in [5.41, 5.74) is 2.17. The van der Waals surface area contributed by atoms with Gasteiger partial charge in [-0.05, 0) is 69.1 Å². The molecule has 1 aromatic heterocycles. The van der Waals surface area contributed by atoms with E-state index in [0.29, 0.717) is 12.1 Å². The number of hydrogen-bond donors (Lipinski definition) is 1. The molecule has 6 nitrogen and oxygen atoms in total. The minimum absolute atomic E-state index is 0.100. The lowest BCUT2D eigenvalue weighted by atomic mass is 9.87. The zero-order valence-corrected chi connectivity index (χ0v) is 19.8. The quantitative estimate of drug-likeness (QED) is 0.614. The molecule has 0 spiro atoms. The van der Waals surface area contributed by atoms with Gasteiger partial charge in [0, 0.05) is 17.7 Å². The SMILES string of the molecule is CC(C)OC(=O)c1csc([C@H]2CC[C@@H]3[C@@H](COc4ccc5c(c4F)CCC5)[C@H](O)C[C@@H]3O2)n1. The predicted octanol–water partition coefficient (Wildman–Crippen LogP) is 4.63. The minimum atomic E-state index is -0.552. The number of hydrogen-bond acceptors (Lipinski definition) is 7. The van der Waals surface area contributed by atoms with Crippen molar-refractivity contribution in [3.8, 4) is 5.75 Å². The van der Waals surface area contributed by atoms with Crippen molar-refractivity contribution >= 4 is 17.3 Å². The van der Waals surface area contributed by atoms with E-state index in [9.17, 15) is 14.3 Å². The Bertz CT molecular complexity index is 1020. The molecule has 0 amide bonds. The molecule has 0 radical (unpaired) electrons. The topological polar surface area (TPSA) is 77.9 Å². The molecular formula is C25H30FNO5S. The third kappa shape index (κ3) is 4.53. The average molecular weight is 476 g/mol. The van der Waals surface area contributed by atoms with Crippen LogP contribution in [0.15, 0.2) is 17.5 Å². The van der Waals surface area contributed by atoms with E-state index in [2.05, 4.69) is 4.98 Å². The molecule has 5 rings (SSSR count). The summed E-state index contributed by atoms with van der Waals surface area (Å²) >= 11 is 1.40. The first-order chi connectivity index (χ1) is 15.9. The number of esters is 1. The first-order valence-electron chi connectivity index (χ1n) is 11.8. The van der Waals surface area contributed by atoms with Gasteiger partial charge in [0.15, 0.2) is 17.3 Å². The van der Waals surface area contributed by atoms with E-state index in [1.807, 2.05) is 6.07 Å². The lowest BCUT2D eigenvalue weighted by molar-refractivity contribution is -0.0812. The van der Waals surface area contributed by atoms with Crippen LogP contribution in [-0.2, 0) is 22.3 Å². The van der Waals surface area contributed by atoms with Gasteiger partial charge >= 0.3 is 5.97 Å². The Labute approximate surface area is 197 Å². The smallest absolute Gasteiger partial charge is 0.358 e. The van der Waals surface area contributed by atoms with Gasteiger partial charge in [0.2, 0.25) is 0 Å². The largest absolute Gasteiger partial charge is 0.490 e. The van der Waals surface area contributed by atoms with E-state index in [4.69, 9.17) is 14.2 Å². The molecule has 3 aliphatic rings. The number of carbonyl (C=O) groups is 1. The van der Waals surface area contributed by atoms with E-state index in [1.54, 1.807) is 25.3 Å². The minimum Gasteiger partial charge on any atom is -0.490 e. The number of nitrogens with zero attached hydrogens (tertiary/aromatic N) is 1. The van der Waals surface area contributed by atoms with Gasteiger partial charge in [-0.1, -0.05) is 6.07 Å². The third-order valence-corrected chi connectivity index (χ3v) is 7.99. The highest BCUT2D eigenvalue weighted by molar-refractivity contribution is 7.09. The van der Waals surface area contributed by atoms with Crippen molar-refractivity contribution in [2.75, 3.05) is 6.61 Å². The molecule has 5 atom stereocenters. The van der Waals surface area contributed by atoms with Crippen LogP contribution < -0.4 is 4.74 Å². The summed E-state index contributed by atoms with van der Waals surface area (Å²) in [6.45, 7) is 3.88.